The van der Waals surface area contributed by atoms with Crippen molar-refractivity contribution in [2.24, 2.45) is 10.9 Å². The predicted octanol–water partition coefficient (Wildman–Crippen LogP) is 2.86. The molecule has 1 aliphatic heterocycles. The van der Waals surface area contributed by atoms with Gasteiger partial charge in [-0.05, 0) is 43.4 Å². The maximum absolute atomic E-state index is 13.2. The number of carbonyl (C=O) groups is 1. The molecule has 0 spiro atoms. The van der Waals surface area contributed by atoms with Crippen LogP contribution in [0.3, 0.4) is 0 Å². The van der Waals surface area contributed by atoms with Crippen molar-refractivity contribution in [1.29, 1.82) is 0 Å². The van der Waals surface area contributed by atoms with Crippen molar-refractivity contribution in [3.63, 3.8) is 0 Å². The second-order valence-corrected chi connectivity index (χ2v) is 8.07. The van der Waals surface area contributed by atoms with Gasteiger partial charge in [0.2, 0.25) is 5.91 Å². The minimum absolute atomic E-state index is 0.0310. The summed E-state index contributed by atoms with van der Waals surface area (Å²) < 4.78 is 19.3. The van der Waals surface area contributed by atoms with Crippen molar-refractivity contribution < 1.29 is 13.9 Å². The lowest BCUT2D eigenvalue weighted by molar-refractivity contribution is -0.121. The van der Waals surface area contributed by atoms with Gasteiger partial charge < -0.3 is 20.3 Å². The lowest BCUT2D eigenvalue weighted by Crippen LogP contribution is -2.51. The van der Waals surface area contributed by atoms with E-state index in [1.807, 2.05) is 6.92 Å². The summed E-state index contributed by atoms with van der Waals surface area (Å²) in [4.78, 5) is 18.6. The van der Waals surface area contributed by atoms with Gasteiger partial charge in [0, 0.05) is 33.1 Å². The van der Waals surface area contributed by atoms with Crippen molar-refractivity contribution in [2.45, 2.75) is 51.2 Å². The Balaban J connectivity index is 1.45. The number of morpholine rings is 1. The van der Waals surface area contributed by atoms with Crippen LogP contribution in [0.5, 0.6) is 0 Å². The van der Waals surface area contributed by atoms with Crippen molar-refractivity contribution in [1.82, 2.24) is 15.5 Å². The van der Waals surface area contributed by atoms with E-state index in [-0.39, 0.29) is 23.9 Å². The molecule has 7 heteroatoms. The Morgan fingerprint density at radius 1 is 1.17 bits per heavy atom. The quantitative estimate of drug-likeness (QED) is 0.435. The van der Waals surface area contributed by atoms with E-state index < -0.39 is 0 Å². The van der Waals surface area contributed by atoms with E-state index in [9.17, 15) is 9.18 Å². The Hall–Kier alpha value is -2.15. The number of hydrogen-bond acceptors (Lipinski definition) is 3. The fraction of sp³-hybridized carbons (Fsp3) is 0.636. The first kappa shape index (κ1) is 21.6. The first-order chi connectivity index (χ1) is 14.0. The van der Waals surface area contributed by atoms with Gasteiger partial charge in [0.15, 0.2) is 5.96 Å². The third kappa shape index (κ3) is 6.42. The molecule has 1 aromatic rings. The molecule has 2 atom stereocenters. The molecule has 1 aromatic carbocycles. The minimum atomic E-state index is -0.248. The Morgan fingerprint density at radius 2 is 1.86 bits per heavy atom. The molecule has 1 saturated carbocycles. The first-order valence-corrected chi connectivity index (χ1v) is 10.7. The molecule has 1 saturated heterocycles. The van der Waals surface area contributed by atoms with Gasteiger partial charge in [-0.15, -0.1) is 0 Å². The Morgan fingerprint density at radius 3 is 2.55 bits per heavy atom. The molecule has 2 aliphatic rings. The molecular formula is C22H33FN4O2. The molecule has 0 radical (unpaired) electrons. The average Bonchev–Trinajstić information content (AvgIpc) is 3.21. The number of halogens is 1. The zero-order valence-corrected chi connectivity index (χ0v) is 17.5. The van der Waals surface area contributed by atoms with Crippen LogP contribution in [0, 0.1) is 11.7 Å². The summed E-state index contributed by atoms with van der Waals surface area (Å²) in [5.74, 6) is 1.25. The summed E-state index contributed by atoms with van der Waals surface area (Å²) in [6.45, 7) is 4.59. The number of amides is 1. The number of nitrogens with zero attached hydrogens (tertiary/aromatic N) is 2. The van der Waals surface area contributed by atoms with Gasteiger partial charge in [0.25, 0.3) is 0 Å². The molecule has 6 nitrogen and oxygen atoms in total. The van der Waals surface area contributed by atoms with Gasteiger partial charge in [0.1, 0.15) is 11.9 Å². The van der Waals surface area contributed by atoms with Gasteiger partial charge in [0.05, 0.1) is 12.6 Å². The van der Waals surface area contributed by atoms with Gasteiger partial charge in [-0.1, -0.05) is 25.0 Å². The topological polar surface area (TPSA) is 66.0 Å². The van der Waals surface area contributed by atoms with Crippen molar-refractivity contribution in [3.8, 4) is 0 Å². The summed E-state index contributed by atoms with van der Waals surface area (Å²) in [6, 6.07) is 6.46. The van der Waals surface area contributed by atoms with Crippen LogP contribution in [0.15, 0.2) is 29.3 Å². The number of nitrogens with one attached hydrogen (secondary N) is 2. The molecule has 1 aliphatic carbocycles. The fourth-order valence-corrected chi connectivity index (χ4v) is 4.24. The van der Waals surface area contributed by atoms with Gasteiger partial charge in [-0.3, -0.25) is 9.79 Å². The highest BCUT2D eigenvalue weighted by atomic mass is 19.1. The average molecular weight is 405 g/mol. The molecule has 1 heterocycles. The standard InChI is InChI=1S/C22H33FN4O2/c1-16-14-27(15-20(29-16)18-7-9-19(23)10-8-18)22(24-2)26-12-11-25-21(28)13-17-5-3-4-6-17/h7-10,16-17,20H,3-6,11-15H2,1-2H3,(H,24,26)(H,25,28). The predicted molar refractivity (Wildman–Crippen MR) is 112 cm³/mol. The monoisotopic (exact) mass is 404 g/mol. The van der Waals surface area contributed by atoms with Crippen molar-refractivity contribution in [3.05, 3.63) is 35.6 Å². The Labute approximate surface area is 172 Å². The largest absolute Gasteiger partial charge is 0.367 e. The highest BCUT2D eigenvalue weighted by Crippen LogP contribution is 2.27. The summed E-state index contributed by atoms with van der Waals surface area (Å²) in [5.41, 5.74) is 0.956. The Kier molecular flexibility index (Phi) is 7.86. The van der Waals surface area contributed by atoms with Gasteiger partial charge in [-0.25, -0.2) is 4.39 Å². The highest BCUT2D eigenvalue weighted by Gasteiger charge is 2.28. The van der Waals surface area contributed by atoms with E-state index in [4.69, 9.17) is 4.74 Å². The van der Waals surface area contributed by atoms with Crippen LogP contribution in [0.4, 0.5) is 4.39 Å². The van der Waals surface area contributed by atoms with E-state index in [1.54, 1.807) is 19.2 Å². The zero-order chi connectivity index (χ0) is 20.6. The number of ether oxygens (including phenoxy) is 1. The normalized spacial score (nSPS) is 23.3. The van der Waals surface area contributed by atoms with Gasteiger partial charge >= 0.3 is 0 Å². The third-order valence-electron chi connectivity index (χ3n) is 5.69. The molecule has 29 heavy (non-hydrogen) atoms. The van der Waals surface area contributed by atoms with Crippen LogP contribution in [0.1, 0.15) is 50.7 Å². The van der Waals surface area contributed by atoms with Crippen LogP contribution in [0.25, 0.3) is 0 Å². The van der Waals surface area contributed by atoms with Crippen LogP contribution >= 0.6 is 0 Å². The van der Waals surface area contributed by atoms with E-state index in [2.05, 4.69) is 20.5 Å². The number of hydrogen-bond donors (Lipinski definition) is 2. The van der Waals surface area contributed by atoms with Crippen LogP contribution < -0.4 is 10.6 Å². The summed E-state index contributed by atoms with van der Waals surface area (Å²) in [5, 5.41) is 6.34. The van der Waals surface area contributed by atoms with Crippen LogP contribution in [0.2, 0.25) is 0 Å². The van der Waals surface area contributed by atoms with Gasteiger partial charge in [-0.2, -0.15) is 0 Å². The maximum Gasteiger partial charge on any atom is 0.220 e. The number of carbonyl (C=O) groups excluding carboxylic acids is 1. The third-order valence-corrected chi connectivity index (χ3v) is 5.69. The molecule has 2 N–H and O–H groups in total. The van der Waals surface area contributed by atoms with Crippen molar-refractivity contribution >= 4 is 11.9 Å². The first-order valence-electron chi connectivity index (χ1n) is 10.7. The summed E-state index contributed by atoms with van der Waals surface area (Å²) in [6.07, 6.45) is 5.42. The molecule has 0 aromatic heterocycles. The molecule has 1 amide bonds. The van der Waals surface area contributed by atoms with E-state index >= 15 is 0 Å². The number of guanidine groups is 1. The molecule has 2 fully saturated rings. The second-order valence-electron chi connectivity index (χ2n) is 8.07. The van der Waals surface area contributed by atoms with E-state index in [0.29, 0.717) is 32.0 Å². The summed E-state index contributed by atoms with van der Waals surface area (Å²) in [7, 11) is 1.76. The van der Waals surface area contributed by atoms with Crippen LogP contribution in [-0.4, -0.2) is 56.1 Å². The zero-order valence-electron chi connectivity index (χ0n) is 17.5. The number of benzene rings is 1. The maximum atomic E-state index is 13.2. The van der Waals surface area contributed by atoms with E-state index in [1.165, 1.54) is 37.8 Å². The van der Waals surface area contributed by atoms with Crippen LogP contribution in [-0.2, 0) is 9.53 Å². The van der Waals surface area contributed by atoms with Crippen molar-refractivity contribution in [2.75, 3.05) is 33.2 Å². The molecule has 160 valence electrons. The molecule has 2 unspecified atom stereocenters. The molecule has 3 rings (SSSR count). The SMILES string of the molecule is CN=C(NCCNC(=O)CC1CCCC1)N1CC(C)OC(c2ccc(F)cc2)C1. The number of aliphatic imine (C=N–C) groups is 1. The van der Waals surface area contributed by atoms with E-state index in [0.717, 1.165) is 18.1 Å². The lowest BCUT2D eigenvalue weighted by Gasteiger charge is -2.38. The second kappa shape index (κ2) is 10.6. The fourth-order valence-electron chi connectivity index (χ4n) is 4.24. The molecular weight excluding hydrogens is 371 g/mol. The Bertz CT molecular complexity index is 689. The molecule has 0 bridgehead atoms. The lowest BCUT2D eigenvalue weighted by atomic mass is 10.0. The summed E-state index contributed by atoms with van der Waals surface area (Å²) >= 11 is 0. The highest BCUT2D eigenvalue weighted by molar-refractivity contribution is 5.80. The minimum Gasteiger partial charge on any atom is -0.367 e. The smallest absolute Gasteiger partial charge is 0.220 e. The number of rotatable bonds is 6.